The van der Waals surface area contributed by atoms with Gasteiger partial charge in [0.05, 0.1) is 16.3 Å². The van der Waals surface area contributed by atoms with Crippen LogP contribution in [0.1, 0.15) is 6.42 Å². The number of para-hydroxylation sites is 1. The van der Waals surface area contributed by atoms with Gasteiger partial charge in [0, 0.05) is 68.8 Å². The van der Waals surface area contributed by atoms with Crippen molar-refractivity contribution in [3.63, 3.8) is 0 Å². The molecule has 0 atom stereocenters. The van der Waals surface area contributed by atoms with E-state index in [0.29, 0.717) is 17.0 Å². The summed E-state index contributed by atoms with van der Waals surface area (Å²) in [5.41, 5.74) is 2.15. The van der Waals surface area contributed by atoms with Crippen molar-refractivity contribution in [1.29, 1.82) is 0 Å². The van der Waals surface area contributed by atoms with E-state index in [2.05, 4.69) is 46.0 Å². The maximum Gasteiger partial charge on any atom is 0.328 e. The SMILES string of the molecule is CN1CCN(CCCN2c3ccccc3Sc3ccc(S(=O)(=O)N(C)C)cc32)CC1.O=C(O)/C=C/C(=O)O. The zero-order chi connectivity index (χ0) is 27.9. The summed E-state index contributed by atoms with van der Waals surface area (Å²) in [7, 11) is 1.86. The molecule has 0 aliphatic carbocycles. The van der Waals surface area contributed by atoms with Crippen molar-refractivity contribution in [3.8, 4) is 0 Å². The van der Waals surface area contributed by atoms with Gasteiger partial charge < -0.3 is 24.9 Å². The molecular weight excluding hydrogens is 528 g/mol. The minimum atomic E-state index is -3.47. The fourth-order valence-electron chi connectivity index (χ4n) is 4.09. The van der Waals surface area contributed by atoms with Crippen LogP contribution in [0, 0.1) is 0 Å². The molecule has 2 aliphatic heterocycles. The van der Waals surface area contributed by atoms with Gasteiger partial charge >= 0.3 is 11.9 Å². The largest absolute Gasteiger partial charge is 0.478 e. The summed E-state index contributed by atoms with van der Waals surface area (Å²) >= 11 is 1.71. The number of anilines is 2. The molecule has 0 saturated carbocycles. The number of aliphatic carboxylic acids is 2. The van der Waals surface area contributed by atoms with Crippen molar-refractivity contribution in [3.05, 3.63) is 54.6 Å². The third-order valence-electron chi connectivity index (χ3n) is 6.20. The Labute approximate surface area is 228 Å². The second-order valence-corrected chi connectivity index (χ2v) is 12.4. The highest BCUT2D eigenvalue weighted by molar-refractivity contribution is 7.99. The first-order chi connectivity index (χ1) is 18.0. The zero-order valence-corrected chi connectivity index (χ0v) is 23.4. The Balaban J connectivity index is 0.000000436. The Morgan fingerprint density at radius 1 is 0.921 bits per heavy atom. The first-order valence-corrected chi connectivity index (χ1v) is 14.4. The molecule has 38 heavy (non-hydrogen) atoms. The summed E-state index contributed by atoms with van der Waals surface area (Å²) in [4.78, 5) is 29.0. The van der Waals surface area contributed by atoms with Crippen molar-refractivity contribution in [1.82, 2.24) is 14.1 Å². The average molecular weight is 563 g/mol. The Hall–Kier alpha value is -2.90. The topological polar surface area (TPSA) is 122 Å². The van der Waals surface area contributed by atoms with Crippen LogP contribution in [0.15, 0.2) is 69.3 Å². The molecule has 0 radical (unpaired) electrons. The number of rotatable bonds is 8. The van der Waals surface area contributed by atoms with Crippen LogP contribution in [0.3, 0.4) is 0 Å². The number of nitrogens with zero attached hydrogens (tertiary/aromatic N) is 4. The van der Waals surface area contributed by atoms with E-state index in [1.165, 1.54) is 9.20 Å². The van der Waals surface area contributed by atoms with E-state index in [1.54, 1.807) is 31.9 Å². The average Bonchev–Trinajstić information content (AvgIpc) is 2.88. The lowest BCUT2D eigenvalue weighted by molar-refractivity contribution is -0.134. The number of carboxylic acids is 2. The van der Waals surface area contributed by atoms with Gasteiger partial charge in [0.15, 0.2) is 0 Å². The van der Waals surface area contributed by atoms with Crippen molar-refractivity contribution in [2.75, 3.05) is 65.3 Å². The molecule has 2 N–H and O–H groups in total. The Morgan fingerprint density at radius 2 is 1.53 bits per heavy atom. The normalized spacial score (nSPS) is 16.1. The first-order valence-electron chi connectivity index (χ1n) is 12.1. The van der Waals surface area contributed by atoms with Crippen LogP contribution in [0.25, 0.3) is 0 Å². The van der Waals surface area contributed by atoms with E-state index in [9.17, 15) is 18.0 Å². The van der Waals surface area contributed by atoms with Gasteiger partial charge in [-0.1, -0.05) is 23.9 Å². The van der Waals surface area contributed by atoms with Crippen LogP contribution in [0.2, 0.25) is 0 Å². The number of piperazine rings is 1. The predicted octanol–water partition coefficient (Wildman–Crippen LogP) is 2.89. The molecule has 10 nitrogen and oxygen atoms in total. The number of likely N-dealkylation sites (N-methyl/N-ethyl adjacent to an activating group) is 1. The molecule has 0 bridgehead atoms. The van der Waals surface area contributed by atoms with Crippen LogP contribution in [-0.4, -0.2) is 105 Å². The van der Waals surface area contributed by atoms with Crippen molar-refractivity contribution in [2.45, 2.75) is 21.1 Å². The number of carbonyl (C=O) groups is 2. The monoisotopic (exact) mass is 562 g/mol. The smallest absolute Gasteiger partial charge is 0.328 e. The molecule has 2 aromatic rings. The van der Waals surface area contributed by atoms with Gasteiger partial charge in [-0.15, -0.1) is 0 Å². The molecule has 2 heterocycles. The van der Waals surface area contributed by atoms with Gasteiger partial charge in [0.25, 0.3) is 0 Å². The molecular formula is C26H34N4O6S2. The van der Waals surface area contributed by atoms with Crippen molar-refractivity contribution < 1.29 is 28.2 Å². The fourth-order valence-corrected chi connectivity index (χ4v) is 6.09. The molecule has 0 unspecified atom stereocenters. The van der Waals surface area contributed by atoms with Crippen LogP contribution >= 0.6 is 11.8 Å². The quantitative estimate of drug-likeness (QED) is 0.465. The van der Waals surface area contributed by atoms with E-state index in [4.69, 9.17) is 10.2 Å². The second kappa shape index (κ2) is 13.3. The lowest BCUT2D eigenvalue weighted by atomic mass is 10.2. The third-order valence-corrected chi connectivity index (χ3v) is 9.14. The minimum Gasteiger partial charge on any atom is -0.478 e. The summed E-state index contributed by atoms with van der Waals surface area (Å²) < 4.78 is 26.7. The maximum atomic E-state index is 12.7. The highest BCUT2D eigenvalue weighted by atomic mass is 32.2. The van der Waals surface area contributed by atoms with Gasteiger partial charge in [-0.05, 0) is 50.3 Å². The molecule has 1 saturated heterocycles. The molecule has 206 valence electrons. The summed E-state index contributed by atoms with van der Waals surface area (Å²) in [6, 6.07) is 13.9. The maximum absolute atomic E-state index is 12.7. The molecule has 2 aromatic carbocycles. The van der Waals surface area contributed by atoms with Gasteiger partial charge in [0.2, 0.25) is 10.0 Å². The summed E-state index contributed by atoms with van der Waals surface area (Å²) in [6.45, 7) is 6.40. The van der Waals surface area contributed by atoms with Crippen LogP contribution in [-0.2, 0) is 19.6 Å². The highest BCUT2D eigenvalue weighted by Gasteiger charge is 2.26. The third kappa shape index (κ3) is 7.81. The Bertz CT molecular complexity index is 1260. The first kappa shape index (κ1) is 29.7. The predicted molar refractivity (Wildman–Crippen MR) is 148 cm³/mol. The van der Waals surface area contributed by atoms with Crippen LogP contribution in [0.5, 0.6) is 0 Å². The van der Waals surface area contributed by atoms with Crippen molar-refractivity contribution >= 4 is 45.1 Å². The van der Waals surface area contributed by atoms with Crippen LogP contribution in [0.4, 0.5) is 11.4 Å². The molecule has 2 aliphatic rings. The number of benzene rings is 2. The van der Waals surface area contributed by atoms with E-state index in [1.807, 2.05) is 12.1 Å². The van der Waals surface area contributed by atoms with E-state index < -0.39 is 22.0 Å². The number of fused-ring (bicyclic) bond motifs is 2. The minimum absolute atomic E-state index is 0.343. The molecule has 0 aromatic heterocycles. The van der Waals surface area contributed by atoms with E-state index in [0.717, 1.165) is 62.0 Å². The lowest BCUT2D eigenvalue weighted by Gasteiger charge is -2.35. The molecule has 12 heteroatoms. The number of hydrogen-bond donors (Lipinski definition) is 2. The number of sulfonamides is 1. The number of carboxylic acid groups (broad SMARTS) is 2. The second-order valence-electron chi connectivity index (χ2n) is 9.15. The lowest BCUT2D eigenvalue weighted by Crippen LogP contribution is -2.45. The van der Waals surface area contributed by atoms with E-state index in [-0.39, 0.29) is 0 Å². The fraction of sp³-hybridized carbons (Fsp3) is 0.385. The highest BCUT2D eigenvalue weighted by Crippen LogP contribution is 2.48. The molecule has 1 fully saturated rings. The summed E-state index contributed by atoms with van der Waals surface area (Å²) in [5.74, 6) is -2.51. The molecule has 0 amide bonds. The molecule has 0 spiro atoms. The van der Waals surface area contributed by atoms with Gasteiger partial charge in [-0.2, -0.15) is 0 Å². The van der Waals surface area contributed by atoms with Gasteiger partial charge in [-0.3, -0.25) is 0 Å². The summed E-state index contributed by atoms with van der Waals surface area (Å²) in [5, 5.41) is 15.6. The molecule has 4 rings (SSSR count). The summed E-state index contributed by atoms with van der Waals surface area (Å²) in [6.07, 6.45) is 2.15. The Kier molecular flexibility index (Phi) is 10.3. The van der Waals surface area contributed by atoms with E-state index >= 15 is 0 Å². The Morgan fingerprint density at radius 3 is 2.13 bits per heavy atom. The van der Waals surface area contributed by atoms with Crippen LogP contribution < -0.4 is 4.90 Å². The van der Waals surface area contributed by atoms with Crippen molar-refractivity contribution in [2.24, 2.45) is 0 Å². The number of hydrogen-bond acceptors (Lipinski definition) is 8. The zero-order valence-electron chi connectivity index (χ0n) is 21.8. The van der Waals surface area contributed by atoms with Gasteiger partial charge in [-0.25, -0.2) is 22.3 Å². The van der Waals surface area contributed by atoms with Gasteiger partial charge in [0.1, 0.15) is 0 Å². The standard InChI is InChI=1S/C22H30N4O2S2.C4H4O4/c1-23(2)30(27,28)18-9-10-22-20(17-18)26(19-7-4-5-8-21(19)29-22)12-6-11-25-15-13-24(3)14-16-25;5-3(6)1-2-4(7)8/h4-5,7-10,17H,6,11-16H2,1-3H3;1-2H,(H,5,6)(H,7,8)/b;2-1+.